The largest absolute Gasteiger partial charge is 0.328 e. The highest BCUT2D eigenvalue weighted by atomic mass is 32.1. The first kappa shape index (κ1) is 8.27. The number of hydrogen-bond donors (Lipinski definition) is 3. The summed E-state index contributed by atoms with van der Waals surface area (Å²) < 4.78 is 0. The fourth-order valence-corrected chi connectivity index (χ4v) is 0.748. The second kappa shape index (κ2) is 4.18. The predicted molar refractivity (Wildman–Crippen MR) is 39.8 cm³/mol. The molecule has 0 radical (unpaired) electrons. The zero-order chi connectivity index (χ0) is 6.57. The van der Waals surface area contributed by atoms with Crippen LogP contribution >= 0.6 is 12.6 Å². The summed E-state index contributed by atoms with van der Waals surface area (Å²) in [6, 6.07) is 0.225. The summed E-state index contributed by atoms with van der Waals surface area (Å²) in [6.07, 6.45) is 1.79. The molecule has 0 aliphatic rings. The van der Waals surface area contributed by atoms with Gasteiger partial charge in [0, 0.05) is 11.4 Å². The van der Waals surface area contributed by atoms with Crippen molar-refractivity contribution in [3.05, 3.63) is 0 Å². The number of hydrogen-bond acceptors (Lipinski definition) is 3. The van der Waals surface area contributed by atoms with E-state index in [0.717, 1.165) is 12.8 Å². The van der Waals surface area contributed by atoms with E-state index in [2.05, 4.69) is 12.6 Å². The zero-order valence-electron chi connectivity index (χ0n) is 5.17. The lowest BCUT2D eigenvalue weighted by Crippen LogP contribution is -2.27. The third kappa shape index (κ3) is 4.43. The lowest BCUT2D eigenvalue weighted by Gasteiger charge is -2.09. The minimum atomic E-state index is -0.0510. The van der Waals surface area contributed by atoms with Gasteiger partial charge in [0.25, 0.3) is 0 Å². The van der Waals surface area contributed by atoms with E-state index >= 15 is 0 Å². The lowest BCUT2D eigenvalue weighted by atomic mass is 10.2. The van der Waals surface area contributed by atoms with Crippen LogP contribution in [0.2, 0.25) is 0 Å². The highest BCUT2D eigenvalue weighted by molar-refractivity contribution is 7.80. The van der Waals surface area contributed by atoms with Crippen molar-refractivity contribution in [2.75, 3.05) is 0 Å². The molecule has 0 saturated carbocycles. The van der Waals surface area contributed by atoms with Crippen molar-refractivity contribution in [3.8, 4) is 0 Å². The van der Waals surface area contributed by atoms with Gasteiger partial charge in [-0.1, -0.05) is 6.92 Å². The third-order valence-corrected chi connectivity index (χ3v) is 1.28. The van der Waals surface area contributed by atoms with Crippen LogP contribution in [-0.2, 0) is 0 Å². The Labute approximate surface area is 56.0 Å². The summed E-state index contributed by atoms with van der Waals surface area (Å²) in [4.78, 5) is 0. The molecule has 0 aliphatic heterocycles. The van der Waals surface area contributed by atoms with Crippen LogP contribution in [0.5, 0.6) is 0 Å². The van der Waals surface area contributed by atoms with Crippen LogP contribution in [0.4, 0.5) is 0 Å². The van der Waals surface area contributed by atoms with Crippen LogP contribution in [0.1, 0.15) is 19.8 Å². The van der Waals surface area contributed by atoms with E-state index in [1.165, 1.54) is 0 Å². The normalized spacial score (nSPS) is 18.0. The first-order valence-electron chi connectivity index (χ1n) is 2.86. The van der Waals surface area contributed by atoms with Crippen molar-refractivity contribution >= 4 is 12.6 Å². The highest BCUT2D eigenvalue weighted by Gasteiger charge is 2.01. The molecule has 0 aromatic heterocycles. The highest BCUT2D eigenvalue weighted by Crippen LogP contribution is 1.98. The van der Waals surface area contributed by atoms with Gasteiger partial charge in [0.2, 0.25) is 0 Å². The molecule has 0 saturated heterocycles. The Kier molecular flexibility index (Phi) is 4.32. The lowest BCUT2D eigenvalue weighted by molar-refractivity contribution is 0.588. The van der Waals surface area contributed by atoms with Crippen molar-refractivity contribution in [2.45, 2.75) is 31.2 Å². The van der Waals surface area contributed by atoms with E-state index in [1.807, 2.05) is 6.92 Å². The van der Waals surface area contributed by atoms with E-state index in [1.54, 1.807) is 0 Å². The van der Waals surface area contributed by atoms with Gasteiger partial charge in [0.15, 0.2) is 0 Å². The molecule has 0 bridgehead atoms. The molecule has 2 atom stereocenters. The van der Waals surface area contributed by atoms with Crippen LogP contribution in [0.3, 0.4) is 0 Å². The minimum Gasteiger partial charge on any atom is -0.328 e. The molecule has 4 N–H and O–H groups in total. The predicted octanol–water partition coefficient (Wildman–Crippen LogP) is 0.328. The molecule has 3 heteroatoms. The van der Waals surface area contributed by atoms with Gasteiger partial charge in [-0.3, -0.25) is 0 Å². The Morgan fingerprint density at radius 3 is 2.12 bits per heavy atom. The molecular formula is C5H14N2S. The summed E-state index contributed by atoms with van der Waals surface area (Å²) in [5.74, 6) is 0. The van der Waals surface area contributed by atoms with Crippen LogP contribution in [0.25, 0.3) is 0 Å². The molecular weight excluding hydrogens is 120 g/mol. The van der Waals surface area contributed by atoms with Crippen molar-refractivity contribution < 1.29 is 0 Å². The average molecular weight is 134 g/mol. The Balaban J connectivity index is 3.10. The van der Waals surface area contributed by atoms with Gasteiger partial charge < -0.3 is 11.5 Å². The number of rotatable bonds is 3. The zero-order valence-corrected chi connectivity index (χ0v) is 6.07. The fraction of sp³-hybridized carbons (Fsp3) is 1.00. The maximum Gasteiger partial charge on any atom is 0.0492 e. The first-order valence-corrected chi connectivity index (χ1v) is 3.37. The molecule has 0 aliphatic carbocycles. The fourth-order valence-electron chi connectivity index (χ4n) is 0.477. The Morgan fingerprint density at radius 1 is 1.50 bits per heavy atom. The smallest absolute Gasteiger partial charge is 0.0492 e. The summed E-state index contributed by atoms with van der Waals surface area (Å²) >= 11 is 3.99. The quantitative estimate of drug-likeness (QED) is 0.385. The maximum absolute atomic E-state index is 5.54. The van der Waals surface area contributed by atoms with Gasteiger partial charge in [0.1, 0.15) is 0 Å². The third-order valence-electron chi connectivity index (χ3n) is 1.07. The van der Waals surface area contributed by atoms with E-state index in [9.17, 15) is 0 Å². The average Bonchev–Trinajstić information content (AvgIpc) is 1.65. The maximum atomic E-state index is 5.54. The van der Waals surface area contributed by atoms with E-state index in [4.69, 9.17) is 11.5 Å². The van der Waals surface area contributed by atoms with Crippen molar-refractivity contribution in [1.82, 2.24) is 0 Å². The summed E-state index contributed by atoms with van der Waals surface area (Å²) in [5, 5.41) is -0.0510. The molecule has 0 aromatic rings. The first-order chi connectivity index (χ1) is 3.66. The summed E-state index contributed by atoms with van der Waals surface area (Å²) in [5.41, 5.74) is 10.9. The van der Waals surface area contributed by atoms with Gasteiger partial charge in [-0.15, -0.1) is 0 Å². The number of thiol groups is 1. The Bertz CT molecular complexity index is 56.4. The van der Waals surface area contributed by atoms with Crippen molar-refractivity contribution in [3.63, 3.8) is 0 Å². The van der Waals surface area contributed by atoms with Gasteiger partial charge >= 0.3 is 0 Å². The molecule has 0 heterocycles. The summed E-state index contributed by atoms with van der Waals surface area (Å²) in [7, 11) is 0. The van der Waals surface area contributed by atoms with Crippen molar-refractivity contribution in [2.24, 2.45) is 11.5 Å². The van der Waals surface area contributed by atoms with Crippen LogP contribution in [-0.4, -0.2) is 11.4 Å². The SMILES string of the molecule is CCC(N)CC(N)S. The Hall–Kier alpha value is 0.270. The summed E-state index contributed by atoms with van der Waals surface area (Å²) in [6.45, 7) is 2.04. The van der Waals surface area contributed by atoms with Gasteiger partial charge in [-0.2, -0.15) is 12.6 Å². The van der Waals surface area contributed by atoms with E-state index in [-0.39, 0.29) is 11.4 Å². The standard InChI is InChI=1S/C5H14N2S/c1-2-4(6)3-5(7)8/h4-5,8H,2-3,6-7H2,1H3. The molecule has 2 nitrogen and oxygen atoms in total. The molecule has 8 heavy (non-hydrogen) atoms. The van der Waals surface area contributed by atoms with Gasteiger partial charge in [-0.25, -0.2) is 0 Å². The molecule has 0 amide bonds. The topological polar surface area (TPSA) is 52.0 Å². The molecule has 0 aromatic carbocycles. The molecule has 0 fully saturated rings. The van der Waals surface area contributed by atoms with Gasteiger partial charge in [0.05, 0.1) is 0 Å². The van der Waals surface area contributed by atoms with Crippen LogP contribution < -0.4 is 11.5 Å². The molecule has 0 rings (SSSR count). The van der Waals surface area contributed by atoms with Crippen molar-refractivity contribution in [1.29, 1.82) is 0 Å². The monoisotopic (exact) mass is 134 g/mol. The molecule has 50 valence electrons. The Morgan fingerprint density at radius 2 is 2.00 bits per heavy atom. The second-order valence-corrected chi connectivity index (χ2v) is 2.63. The van der Waals surface area contributed by atoms with Crippen LogP contribution in [0.15, 0.2) is 0 Å². The second-order valence-electron chi connectivity index (χ2n) is 1.97. The van der Waals surface area contributed by atoms with Crippen LogP contribution in [0, 0.1) is 0 Å². The molecule has 0 spiro atoms. The van der Waals surface area contributed by atoms with E-state index in [0.29, 0.717) is 0 Å². The minimum absolute atomic E-state index is 0.0510. The molecule has 2 unspecified atom stereocenters. The van der Waals surface area contributed by atoms with E-state index < -0.39 is 0 Å². The van der Waals surface area contributed by atoms with Gasteiger partial charge in [-0.05, 0) is 12.8 Å². The number of nitrogens with two attached hydrogens (primary N) is 2.